The first-order valence-electron chi connectivity index (χ1n) is 9.66. The van der Waals surface area contributed by atoms with E-state index in [1.54, 1.807) is 13.8 Å². The molecule has 0 fully saturated rings. The Morgan fingerprint density at radius 3 is 2.12 bits per heavy atom. The van der Waals surface area contributed by atoms with Crippen LogP contribution in [0.1, 0.15) is 43.1 Å². The fourth-order valence-electron chi connectivity index (χ4n) is 3.53. The molecule has 0 spiro atoms. The summed E-state index contributed by atoms with van der Waals surface area (Å²) < 4.78 is 82.8. The van der Waals surface area contributed by atoms with Crippen LogP contribution < -0.4 is 11.2 Å². The Hall–Kier alpha value is -2.73. The summed E-state index contributed by atoms with van der Waals surface area (Å²) in [6, 6.07) is 0.926. The van der Waals surface area contributed by atoms with Crippen molar-refractivity contribution in [2.45, 2.75) is 44.5 Å². The Balaban J connectivity index is 3.00. The SMILES string of the molecule is CCc1c(C(CC)[N+](N)=O)cc(C(O)(CNC)C(F)(F)F)nc1-c1cc(F)c(F)c(F)c1. The number of hydrazine groups is 1. The zero-order valence-electron chi connectivity index (χ0n) is 17.5. The largest absolute Gasteiger partial charge is 0.424 e. The number of hydrogen-bond acceptors (Lipinski definition) is 4. The van der Waals surface area contributed by atoms with E-state index in [0.29, 0.717) is 12.1 Å². The number of aromatic nitrogens is 1. The maximum atomic E-state index is 13.9. The van der Waals surface area contributed by atoms with Gasteiger partial charge in [-0.1, -0.05) is 13.8 Å². The zero-order chi connectivity index (χ0) is 24.4. The van der Waals surface area contributed by atoms with Crippen LogP contribution in [-0.2, 0) is 12.0 Å². The summed E-state index contributed by atoms with van der Waals surface area (Å²) in [7, 11) is 1.18. The van der Waals surface area contributed by atoms with Crippen molar-refractivity contribution < 1.29 is 36.3 Å². The molecule has 32 heavy (non-hydrogen) atoms. The minimum atomic E-state index is -5.20. The van der Waals surface area contributed by atoms with Gasteiger partial charge in [0.25, 0.3) is 6.04 Å². The molecule has 1 aromatic heterocycles. The highest BCUT2D eigenvalue weighted by molar-refractivity contribution is 5.66. The predicted molar refractivity (Wildman–Crippen MR) is 104 cm³/mol. The first kappa shape index (κ1) is 25.5. The lowest BCUT2D eigenvalue weighted by atomic mass is 9.88. The summed E-state index contributed by atoms with van der Waals surface area (Å²) in [5, 5.41) is 12.8. The number of hydrogen-bond donors (Lipinski definition) is 3. The normalized spacial score (nSPS) is 14.8. The summed E-state index contributed by atoms with van der Waals surface area (Å²) in [4.78, 5) is 15.9. The van der Waals surface area contributed by atoms with Crippen LogP contribution in [0.3, 0.4) is 0 Å². The van der Waals surface area contributed by atoms with Crippen LogP contribution in [0.25, 0.3) is 11.3 Å². The van der Waals surface area contributed by atoms with Crippen molar-refractivity contribution in [3.8, 4) is 11.3 Å². The van der Waals surface area contributed by atoms with Gasteiger partial charge in [-0.2, -0.15) is 19.0 Å². The molecular weight excluding hydrogens is 442 g/mol. The summed E-state index contributed by atoms with van der Waals surface area (Å²) in [6.07, 6.45) is -5.05. The van der Waals surface area contributed by atoms with Crippen LogP contribution in [0.4, 0.5) is 26.3 Å². The van der Waals surface area contributed by atoms with Crippen LogP contribution >= 0.6 is 0 Å². The van der Waals surface area contributed by atoms with Crippen molar-refractivity contribution >= 4 is 0 Å². The van der Waals surface area contributed by atoms with E-state index in [2.05, 4.69) is 10.3 Å². The van der Waals surface area contributed by atoms with Gasteiger partial charge in [-0.05, 0) is 37.2 Å². The van der Waals surface area contributed by atoms with Crippen molar-refractivity contribution in [3.63, 3.8) is 0 Å². The molecule has 0 bridgehead atoms. The lowest BCUT2D eigenvalue weighted by molar-refractivity contribution is -0.604. The summed E-state index contributed by atoms with van der Waals surface area (Å²) in [6.45, 7) is 2.14. The molecule has 2 rings (SSSR count). The molecule has 0 amide bonds. The Morgan fingerprint density at radius 1 is 1.16 bits per heavy atom. The fraction of sp³-hybridized carbons (Fsp3) is 0.450. The first-order valence-corrected chi connectivity index (χ1v) is 9.66. The molecule has 0 aliphatic rings. The number of nitroso groups, excluding NO2 is 1. The van der Waals surface area contributed by atoms with Gasteiger partial charge < -0.3 is 10.4 Å². The second-order valence-corrected chi connectivity index (χ2v) is 7.20. The van der Waals surface area contributed by atoms with Crippen LogP contribution in [0.5, 0.6) is 0 Å². The number of pyridine rings is 1. The topological polar surface area (TPSA) is 91.2 Å². The third-order valence-corrected chi connectivity index (χ3v) is 5.15. The molecule has 176 valence electrons. The van der Waals surface area contributed by atoms with Crippen molar-refractivity contribution in [1.29, 1.82) is 0 Å². The minimum absolute atomic E-state index is 0.00332. The maximum Gasteiger partial charge on any atom is 0.424 e. The van der Waals surface area contributed by atoms with E-state index < -0.39 is 47.5 Å². The van der Waals surface area contributed by atoms with Gasteiger partial charge in [-0.25, -0.2) is 18.2 Å². The van der Waals surface area contributed by atoms with Crippen molar-refractivity contribution in [1.82, 2.24) is 10.3 Å². The van der Waals surface area contributed by atoms with Gasteiger partial charge in [-0.3, -0.25) is 0 Å². The molecule has 4 N–H and O–H groups in total. The number of nitrogens with zero attached hydrogens (tertiary/aromatic N) is 2. The van der Waals surface area contributed by atoms with Gasteiger partial charge in [0.05, 0.1) is 16.3 Å². The highest BCUT2D eigenvalue weighted by atomic mass is 19.4. The van der Waals surface area contributed by atoms with Gasteiger partial charge in [-0.15, -0.1) is 0 Å². The highest BCUT2D eigenvalue weighted by Crippen LogP contribution is 2.41. The minimum Gasteiger partial charge on any atom is -0.374 e. The van der Waals surface area contributed by atoms with Crippen LogP contribution in [0.2, 0.25) is 0 Å². The maximum absolute atomic E-state index is 13.9. The number of likely N-dealkylation sites (N-methyl/N-ethyl adjacent to an activating group) is 1. The van der Waals surface area contributed by atoms with Gasteiger partial charge in [0.15, 0.2) is 17.5 Å². The Kier molecular flexibility index (Phi) is 7.51. The Labute approximate surface area is 180 Å². The summed E-state index contributed by atoms with van der Waals surface area (Å²) in [5.41, 5.74) is -4.94. The smallest absolute Gasteiger partial charge is 0.374 e. The average molecular weight is 465 g/mol. The molecular formula is C20H23F6N4O2+. The van der Waals surface area contributed by atoms with E-state index in [1.807, 2.05) is 0 Å². The van der Waals surface area contributed by atoms with E-state index in [0.717, 1.165) is 6.07 Å². The number of alkyl halides is 3. The number of nitrogens with one attached hydrogen (secondary N) is 1. The molecule has 2 unspecified atom stereocenters. The second-order valence-electron chi connectivity index (χ2n) is 7.20. The summed E-state index contributed by atoms with van der Waals surface area (Å²) in [5.74, 6) is 0.443. The molecule has 2 aromatic rings. The number of aliphatic hydroxyl groups is 1. The van der Waals surface area contributed by atoms with E-state index in [1.165, 1.54) is 7.05 Å². The lowest BCUT2D eigenvalue weighted by Crippen LogP contribution is -2.50. The molecule has 0 aliphatic heterocycles. The van der Waals surface area contributed by atoms with Gasteiger partial charge in [0.2, 0.25) is 5.60 Å². The summed E-state index contributed by atoms with van der Waals surface area (Å²) >= 11 is 0. The molecule has 1 heterocycles. The highest BCUT2D eigenvalue weighted by Gasteiger charge is 2.56. The van der Waals surface area contributed by atoms with E-state index in [4.69, 9.17) is 5.84 Å². The lowest BCUT2D eigenvalue weighted by Gasteiger charge is -2.31. The van der Waals surface area contributed by atoms with Gasteiger partial charge >= 0.3 is 6.18 Å². The van der Waals surface area contributed by atoms with E-state index in [9.17, 15) is 36.4 Å². The van der Waals surface area contributed by atoms with Crippen molar-refractivity contribution in [2.24, 2.45) is 5.84 Å². The predicted octanol–water partition coefficient (Wildman–Crippen LogP) is 3.80. The van der Waals surface area contributed by atoms with Crippen LogP contribution in [0.15, 0.2) is 18.2 Å². The van der Waals surface area contributed by atoms with E-state index >= 15 is 0 Å². The monoisotopic (exact) mass is 465 g/mol. The Bertz CT molecular complexity index is 991. The van der Waals surface area contributed by atoms with Crippen molar-refractivity contribution in [2.75, 3.05) is 13.6 Å². The Morgan fingerprint density at radius 2 is 1.72 bits per heavy atom. The van der Waals surface area contributed by atoms with Crippen LogP contribution in [0, 0.1) is 22.4 Å². The van der Waals surface area contributed by atoms with Crippen molar-refractivity contribution in [3.05, 3.63) is 57.4 Å². The molecule has 1 aromatic carbocycles. The standard InChI is InChI=1S/C20H23F6N4O2/c1-4-11-12(15(5-2)30(27)32)8-16(19(31,9-28-3)20(24,25)26)29-18(11)10-6-13(21)17(23)14(22)7-10/h6-8,15,28,31H,4-5,9H2,1-3H3,(H2,27,32)/q+1. The van der Waals surface area contributed by atoms with Crippen LogP contribution in [-0.4, -0.2) is 34.7 Å². The number of halogens is 6. The molecule has 6 nitrogen and oxygen atoms in total. The molecule has 0 radical (unpaired) electrons. The third-order valence-electron chi connectivity index (χ3n) is 5.15. The molecule has 0 saturated carbocycles. The first-order chi connectivity index (χ1) is 14.8. The molecule has 12 heteroatoms. The van der Waals surface area contributed by atoms with Gasteiger partial charge in [0, 0.05) is 24.1 Å². The van der Waals surface area contributed by atoms with Gasteiger partial charge in [0.1, 0.15) is 4.87 Å². The quantitative estimate of drug-likeness (QED) is 0.181. The fourth-order valence-corrected chi connectivity index (χ4v) is 3.53. The molecule has 0 aliphatic carbocycles. The number of nitrogens with two attached hydrogens (primary N) is 1. The second kappa shape index (κ2) is 9.41. The average Bonchev–Trinajstić information content (AvgIpc) is 2.70. The number of benzene rings is 1. The zero-order valence-corrected chi connectivity index (χ0v) is 17.5. The molecule has 2 atom stereocenters. The number of rotatable bonds is 8. The van der Waals surface area contributed by atoms with E-state index in [-0.39, 0.29) is 40.1 Å². The third kappa shape index (κ3) is 4.56. The molecule has 0 saturated heterocycles.